The van der Waals surface area contributed by atoms with Gasteiger partial charge in [0.1, 0.15) is 0 Å². The highest BCUT2D eigenvalue weighted by molar-refractivity contribution is 5.82. The predicted molar refractivity (Wildman–Crippen MR) is 87.7 cm³/mol. The van der Waals surface area contributed by atoms with Crippen molar-refractivity contribution in [3.8, 4) is 0 Å². The molecule has 1 N–H and O–H groups in total. The van der Waals surface area contributed by atoms with Crippen LogP contribution in [-0.4, -0.2) is 35.6 Å². The molecule has 1 heterocycles. The van der Waals surface area contributed by atoms with E-state index >= 15 is 0 Å². The van der Waals surface area contributed by atoms with E-state index in [9.17, 15) is 0 Å². The first-order chi connectivity index (χ1) is 10.3. The van der Waals surface area contributed by atoms with Gasteiger partial charge in [0.15, 0.2) is 0 Å². The van der Waals surface area contributed by atoms with E-state index in [1.54, 1.807) is 0 Å². The third kappa shape index (κ3) is 4.05. The maximum Gasteiger partial charge on any atom is 0.0719 e. The maximum absolute atomic E-state index is 5.72. The highest BCUT2D eigenvalue weighted by atomic mass is 16.5. The summed E-state index contributed by atoms with van der Waals surface area (Å²) in [6.07, 6.45) is 1.97. The van der Waals surface area contributed by atoms with Crippen molar-refractivity contribution >= 4 is 10.9 Å². The third-order valence-corrected chi connectivity index (χ3v) is 3.63. The molecule has 0 bridgehead atoms. The Bertz CT molecular complexity index is 550. The summed E-state index contributed by atoms with van der Waals surface area (Å²) in [6.45, 7) is 9.83. The van der Waals surface area contributed by atoms with Gasteiger partial charge >= 0.3 is 0 Å². The number of aryl methyl sites for hydroxylation is 1. The smallest absolute Gasteiger partial charge is 0.0719 e. The fourth-order valence-corrected chi connectivity index (χ4v) is 2.67. The van der Waals surface area contributed by atoms with Gasteiger partial charge in [-0.25, -0.2) is 0 Å². The van der Waals surface area contributed by atoms with Crippen molar-refractivity contribution in [2.45, 2.75) is 46.2 Å². The number of hydrogen-bond donors (Lipinski definition) is 1. The molecule has 0 aliphatic carbocycles. The molecule has 0 saturated heterocycles. The summed E-state index contributed by atoms with van der Waals surface area (Å²) in [5.41, 5.74) is 2.39. The van der Waals surface area contributed by atoms with E-state index in [1.165, 1.54) is 16.6 Å². The number of rotatable bonds is 9. The summed E-state index contributed by atoms with van der Waals surface area (Å²) < 4.78 is 7.80. The van der Waals surface area contributed by atoms with Crippen molar-refractivity contribution in [1.82, 2.24) is 15.1 Å². The van der Waals surface area contributed by atoms with Gasteiger partial charge in [-0.1, -0.05) is 32.0 Å². The number of para-hydroxylation sites is 1. The molecule has 2 rings (SSSR count). The van der Waals surface area contributed by atoms with Crippen LogP contribution in [0, 0.1) is 0 Å². The van der Waals surface area contributed by atoms with E-state index in [-0.39, 0.29) is 0 Å². The van der Waals surface area contributed by atoms with Crippen molar-refractivity contribution in [3.63, 3.8) is 0 Å². The molecule has 1 aromatic heterocycles. The lowest BCUT2D eigenvalue weighted by Gasteiger charge is -2.17. The van der Waals surface area contributed by atoms with Crippen molar-refractivity contribution in [3.05, 3.63) is 30.0 Å². The number of ether oxygens (including phenoxy) is 1. The van der Waals surface area contributed by atoms with E-state index in [4.69, 9.17) is 9.84 Å². The van der Waals surface area contributed by atoms with Gasteiger partial charge in [0.2, 0.25) is 0 Å². The monoisotopic (exact) mass is 289 g/mol. The molecule has 116 valence electrons. The second-order valence-corrected chi connectivity index (χ2v) is 5.31. The number of fused-ring (bicyclic) bond motifs is 1. The Hall–Kier alpha value is -1.39. The Morgan fingerprint density at radius 2 is 2.05 bits per heavy atom. The molecule has 0 amide bonds. The average Bonchev–Trinajstić information content (AvgIpc) is 2.86. The van der Waals surface area contributed by atoms with Gasteiger partial charge in [-0.3, -0.25) is 4.68 Å². The molecule has 4 nitrogen and oxygen atoms in total. The van der Waals surface area contributed by atoms with Crippen molar-refractivity contribution in [1.29, 1.82) is 0 Å². The Kier molecular flexibility index (Phi) is 6.21. The number of likely N-dealkylation sites (N-methyl/N-ethyl adjacent to an activating group) is 1. The summed E-state index contributed by atoms with van der Waals surface area (Å²) in [4.78, 5) is 0. The van der Waals surface area contributed by atoms with Crippen LogP contribution in [0.5, 0.6) is 0 Å². The number of aromatic nitrogens is 2. The summed E-state index contributed by atoms with van der Waals surface area (Å²) in [5, 5.41) is 9.55. The highest BCUT2D eigenvalue weighted by Crippen LogP contribution is 2.19. The molecule has 0 radical (unpaired) electrons. The van der Waals surface area contributed by atoms with Crippen LogP contribution < -0.4 is 5.32 Å². The minimum absolute atomic E-state index is 0.324. The Morgan fingerprint density at radius 1 is 1.24 bits per heavy atom. The SMILES string of the molecule is CCCOCC(Cc1nn(CC)c2ccccc12)NCC. The average molecular weight is 289 g/mol. The Labute approximate surface area is 127 Å². The van der Waals surface area contributed by atoms with Gasteiger partial charge in [0.25, 0.3) is 0 Å². The van der Waals surface area contributed by atoms with Crippen LogP contribution in [0.1, 0.15) is 32.9 Å². The molecule has 1 aromatic carbocycles. The predicted octanol–water partition coefficient (Wildman–Crippen LogP) is 3.00. The normalized spacial score (nSPS) is 12.9. The first kappa shape index (κ1) is 16.0. The van der Waals surface area contributed by atoms with Crippen LogP contribution >= 0.6 is 0 Å². The Balaban J connectivity index is 2.15. The van der Waals surface area contributed by atoms with Crippen LogP contribution in [-0.2, 0) is 17.7 Å². The number of benzene rings is 1. The fourth-order valence-electron chi connectivity index (χ4n) is 2.67. The van der Waals surface area contributed by atoms with Gasteiger partial charge in [0, 0.05) is 31.0 Å². The van der Waals surface area contributed by atoms with E-state index in [2.05, 4.69) is 55.0 Å². The second-order valence-electron chi connectivity index (χ2n) is 5.31. The molecular weight excluding hydrogens is 262 g/mol. The topological polar surface area (TPSA) is 39.1 Å². The van der Waals surface area contributed by atoms with Gasteiger partial charge in [-0.2, -0.15) is 5.10 Å². The van der Waals surface area contributed by atoms with Gasteiger partial charge in [0.05, 0.1) is 17.8 Å². The third-order valence-electron chi connectivity index (χ3n) is 3.63. The molecule has 0 aliphatic heterocycles. The molecular formula is C17H27N3O. The zero-order valence-electron chi connectivity index (χ0n) is 13.4. The van der Waals surface area contributed by atoms with Crippen LogP contribution in [0.3, 0.4) is 0 Å². The molecule has 2 aromatic rings. The largest absolute Gasteiger partial charge is 0.380 e. The molecule has 21 heavy (non-hydrogen) atoms. The lowest BCUT2D eigenvalue weighted by atomic mass is 10.1. The lowest BCUT2D eigenvalue weighted by Crippen LogP contribution is -2.35. The molecule has 0 saturated carbocycles. The lowest BCUT2D eigenvalue weighted by molar-refractivity contribution is 0.112. The zero-order chi connectivity index (χ0) is 15.1. The molecule has 0 fully saturated rings. The summed E-state index contributed by atoms with van der Waals surface area (Å²) in [5.74, 6) is 0. The molecule has 4 heteroatoms. The number of nitrogens with zero attached hydrogens (tertiary/aromatic N) is 2. The van der Waals surface area contributed by atoms with Crippen LogP contribution in [0.4, 0.5) is 0 Å². The van der Waals surface area contributed by atoms with E-state index in [1.807, 2.05) is 0 Å². The summed E-state index contributed by atoms with van der Waals surface area (Å²) in [7, 11) is 0. The van der Waals surface area contributed by atoms with E-state index in [0.29, 0.717) is 6.04 Å². The molecule has 0 aliphatic rings. The highest BCUT2D eigenvalue weighted by Gasteiger charge is 2.15. The summed E-state index contributed by atoms with van der Waals surface area (Å²) >= 11 is 0. The van der Waals surface area contributed by atoms with Crippen LogP contribution in [0.2, 0.25) is 0 Å². The second kappa shape index (κ2) is 8.15. The quantitative estimate of drug-likeness (QED) is 0.721. The Morgan fingerprint density at radius 3 is 2.76 bits per heavy atom. The number of hydrogen-bond acceptors (Lipinski definition) is 3. The zero-order valence-corrected chi connectivity index (χ0v) is 13.4. The first-order valence-corrected chi connectivity index (χ1v) is 8.05. The summed E-state index contributed by atoms with van der Waals surface area (Å²) in [6, 6.07) is 8.80. The van der Waals surface area contributed by atoms with Crippen LogP contribution in [0.25, 0.3) is 10.9 Å². The molecule has 0 spiro atoms. The minimum atomic E-state index is 0.324. The minimum Gasteiger partial charge on any atom is -0.380 e. The molecule has 1 atom stereocenters. The first-order valence-electron chi connectivity index (χ1n) is 8.05. The van der Waals surface area contributed by atoms with Gasteiger partial charge in [-0.05, 0) is 26.0 Å². The van der Waals surface area contributed by atoms with Crippen LogP contribution in [0.15, 0.2) is 24.3 Å². The number of nitrogens with one attached hydrogen (secondary N) is 1. The van der Waals surface area contributed by atoms with Crippen molar-refractivity contribution in [2.24, 2.45) is 0 Å². The standard InChI is InChI=1S/C17H27N3O/c1-4-11-21-13-14(18-5-2)12-16-15-9-7-8-10-17(15)20(6-3)19-16/h7-10,14,18H,4-6,11-13H2,1-3H3. The van der Waals surface area contributed by atoms with Gasteiger partial charge < -0.3 is 10.1 Å². The van der Waals surface area contributed by atoms with Gasteiger partial charge in [-0.15, -0.1) is 0 Å². The van der Waals surface area contributed by atoms with E-state index in [0.717, 1.165) is 39.1 Å². The maximum atomic E-state index is 5.72. The van der Waals surface area contributed by atoms with Crippen molar-refractivity contribution < 1.29 is 4.74 Å². The van der Waals surface area contributed by atoms with E-state index < -0.39 is 0 Å². The van der Waals surface area contributed by atoms with Crippen molar-refractivity contribution in [2.75, 3.05) is 19.8 Å². The fraction of sp³-hybridized carbons (Fsp3) is 0.588. The molecule has 1 unspecified atom stereocenters.